The van der Waals surface area contributed by atoms with Gasteiger partial charge in [0.15, 0.2) is 0 Å². The van der Waals surface area contributed by atoms with E-state index in [1.807, 2.05) is 84.8 Å². The van der Waals surface area contributed by atoms with E-state index in [-0.39, 0.29) is 71.2 Å². The number of hydrogen-bond acceptors (Lipinski definition) is 22. The van der Waals surface area contributed by atoms with Gasteiger partial charge in [0.2, 0.25) is 0 Å². The first-order chi connectivity index (χ1) is 42.7. The number of aryl methyl sites for hydroxylation is 6. The Kier molecular flexibility index (Phi) is 38.4. The molecule has 1 aliphatic heterocycles. The first-order valence-corrected chi connectivity index (χ1v) is 34.0. The van der Waals surface area contributed by atoms with Gasteiger partial charge < -0.3 is 18.9 Å². The molecule has 504 valence electrons. The molecule has 8 rings (SSSR count). The quantitative estimate of drug-likeness (QED) is 0.0521. The fourth-order valence-corrected chi connectivity index (χ4v) is 12.5. The summed E-state index contributed by atoms with van der Waals surface area (Å²) in [6.45, 7) is 24.2. The van der Waals surface area contributed by atoms with Crippen LogP contribution in [0.4, 0.5) is 0 Å². The Balaban J connectivity index is 0.000000368. The molecule has 1 aromatic carbocycles. The maximum absolute atomic E-state index is 12.0. The molecule has 7 heterocycles. The van der Waals surface area contributed by atoms with E-state index in [1.165, 1.54) is 42.6 Å². The van der Waals surface area contributed by atoms with Gasteiger partial charge in [-0.05, 0) is 85.6 Å². The maximum Gasteiger partial charge on any atom is 0.353 e. The molecule has 1 atom stereocenters. The van der Waals surface area contributed by atoms with Crippen LogP contribution >= 0.6 is 69.2 Å². The smallest absolute Gasteiger partial charge is 0.353 e. The summed E-state index contributed by atoms with van der Waals surface area (Å²) in [6.07, 6.45) is 12.2. The van der Waals surface area contributed by atoms with Crippen LogP contribution in [0, 0.1) is 12.5 Å². The molecule has 34 heteroatoms. The second kappa shape index (κ2) is 43.4. The van der Waals surface area contributed by atoms with Crippen molar-refractivity contribution in [3.05, 3.63) is 157 Å². The third-order valence-corrected chi connectivity index (χ3v) is 18.5. The van der Waals surface area contributed by atoms with Gasteiger partial charge in [0, 0.05) is 168 Å². The summed E-state index contributed by atoms with van der Waals surface area (Å²) in [5.74, 6) is 0. The van der Waals surface area contributed by atoms with E-state index in [0.29, 0.717) is 118 Å². The summed E-state index contributed by atoms with van der Waals surface area (Å²) in [4.78, 5) is 137. The molecular weight excluding hydrogens is 1290 g/mol. The first-order valence-electron chi connectivity index (χ1n) is 29.4. The highest BCUT2D eigenvalue weighted by molar-refractivity contribution is 7.04. The normalized spacial score (nSPS) is 12.2. The SMILES string of the molecule is C.C#Cn1c(=O)sn(CCCC)c1=O.CCCCn1sc(=O)n(Cc2ccccc2)c1=O.CCOCCCn1c(=O)sn(CC)c1=O.CCOCCn1c(=O)sn(CC)c1=O.CCn1sc(=O)n(CC2CCCO2)c1=O.CCn1sc(=O)n(CCCOC)c1=O. The Morgan fingerprint density at radius 2 is 0.878 bits per heavy atom. The Morgan fingerprint density at radius 3 is 1.29 bits per heavy atom. The number of aromatic nitrogens is 12. The fraction of sp³-hybridized carbons (Fsp3) is 0.643. The van der Waals surface area contributed by atoms with Crippen molar-refractivity contribution in [2.75, 3.05) is 46.8 Å². The number of ether oxygens (including phenoxy) is 4. The predicted octanol–water partition coefficient (Wildman–Crippen LogP) is 3.91. The molecule has 1 fully saturated rings. The largest absolute Gasteiger partial charge is 0.385 e. The fourth-order valence-electron chi connectivity index (χ4n) is 7.87. The lowest BCUT2D eigenvalue weighted by molar-refractivity contribution is 0.0954. The highest BCUT2D eigenvalue weighted by Gasteiger charge is 2.20. The standard InChI is InChI=1S/C13H16N2O2S.C9H14N2O3S.C9H16N2O3S.2C8H14N2O3S.C8H10N2O2S.CH4/c1-2-3-9-15-12(16)14(13(17)18-15)10-11-7-5-4-6-8-11;1-2-11-8(12)10(9(13)15-11)6-7-4-3-5-14-7;1-3-11-8(12)10(9(13)15-11)6-5-7-14-4-2;1-3-10-7(11)9(8(12)14-10)5-4-6-13-2;1-3-10-7(11)9(8(12)14-10)5-6-13-4-2;1-3-5-6-10-7(11)9(4-2)8(12)13-10;/h4-8H,2-3,9-10H2,1H3;7H,2-6H2,1H3;3-7H2,1-2H3;2*3-6H2,1-2H3;2H,3,5-6H2,1H3;1H4. The number of terminal acetylenes is 1. The van der Waals surface area contributed by atoms with E-state index in [4.69, 9.17) is 25.4 Å². The van der Waals surface area contributed by atoms with Crippen molar-refractivity contribution in [3.63, 3.8) is 0 Å². The molecule has 0 bridgehead atoms. The van der Waals surface area contributed by atoms with Crippen LogP contribution in [0.25, 0.3) is 0 Å². The van der Waals surface area contributed by atoms with Crippen LogP contribution in [0.1, 0.15) is 120 Å². The number of hydrogen-bond donors (Lipinski definition) is 0. The van der Waals surface area contributed by atoms with Crippen LogP contribution in [-0.4, -0.2) is 104 Å². The predicted molar refractivity (Wildman–Crippen MR) is 359 cm³/mol. The molecule has 0 radical (unpaired) electrons. The summed E-state index contributed by atoms with van der Waals surface area (Å²) >= 11 is 5.77. The van der Waals surface area contributed by atoms with E-state index in [9.17, 15) is 57.5 Å². The molecule has 90 heavy (non-hydrogen) atoms. The van der Waals surface area contributed by atoms with Gasteiger partial charge in [-0.15, -0.1) is 0 Å². The number of methoxy groups -OCH3 is 1. The van der Waals surface area contributed by atoms with Crippen LogP contribution in [0.2, 0.25) is 0 Å². The average Bonchev–Trinajstić information content (AvgIpc) is 2.42. The van der Waals surface area contributed by atoms with Crippen LogP contribution in [0.3, 0.4) is 0 Å². The van der Waals surface area contributed by atoms with Gasteiger partial charge in [-0.3, -0.25) is 28.8 Å². The van der Waals surface area contributed by atoms with Crippen LogP contribution in [0.5, 0.6) is 0 Å². The zero-order valence-corrected chi connectivity index (χ0v) is 57.0. The van der Waals surface area contributed by atoms with Gasteiger partial charge >= 0.3 is 63.4 Å². The van der Waals surface area contributed by atoms with E-state index in [2.05, 4.69) is 6.92 Å². The van der Waals surface area contributed by atoms with Crippen molar-refractivity contribution in [1.82, 2.24) is 51.1 Å². The molecule has 0 amide bonds. The van der Waals surface area contributed by atoms with Gasteiger partial charge in [0.05, 0.1) is 32.3 Å². The summed E-state index contributed by atoms with van der Waals surface area (Å²) in [6, 6.07) is 11.6. The Morgan fingerprint density at radius 1 is 0.478 bits per heavy atom. The average molecular weight is 1380 g/mol. The van der Waals surface area contributed by atoms with E-state index < -0.39 is 5.69 Å². The van der Waals surface area contributed by atoms with Gasteiger partial charge in [-0.1, -0.05) is 70.9 Å². The van der Waals surface area contributed by atoms with Crippen molar-refractivity contribution in [1.29, 1.82) is 0 Å². The summed E-state index contributed by atoms with van der Waals surface area (Å²) in [7, 11) is 1.60. The number of nitrogens with zero attached hydrogens (tertiary/aromatic N) is 12. The minimum atomic E-state index is -0.397. The van der Waals surface area contributed by atoms with Crippen molar-refractivity contribution in [2.24, 2.45) is 0 Å². The summed E-state index contributed by atoms with van der Waals surface area (Å²) in [5, 5.41) is 0. The van der Waals surface area contributed by atoms with Crippen LogP contribution < -0.4 is 63.4 Å². The third-order valence-electron chi connectivity index (χ3n) is 12.6. The molecule has 0 spiro atoms. The molecule has 1 aliphatic rings. The van der Waals surface area contributed by atoms with Gasteiger partial charge in [0.25, 0.3) is 0 Å². The lowest BCUT2D eigenvalue weighted by Gasteiger charge is -2.07. The van der Waals surface area contributed by atoms with E-state index >= 15 is 0 Å². The molecule has 28 nitrogen and oxygen atoms in total. The minimum Gasteiger partial charge on any atom is -0.385 e. The molecule has 7 aromatic rings. The number of unbranched alkanes of at least 4 members (excludes halogenated alkanes) is 2. The lowest BCUT2D eigenvalue weighted by Crippen LogP contribution is -2.33. The van der Waals surface area contributed by atoms with Crippen molar-refractivity contribution >= 4 is 69.2 Å². The Labute approximate surface area is 544 Å². The number of benzene rings is 1. The third kappa shape index (κ3) is 24.7. The highest BCUT2D eigenvalue weighted by atomic mass is 32.1. The first kappa shape index (κ1) is 79.7. The van der Waals surface area contributed by atoms with E-state index in [1.54, 1.807) is 11.1 Å². The molecule has 0 saturated carbocycles. The molecular formula is C56H88N12O16S6. The van der Waals surface area contributed by atoms with Crippen molar-refractivity contribution in [2.45, 2.75) is 192 Å². The summed E-state index contributed by atoms with van der Waals surface area (Å²) in [5.41, 5.74) is -0.474. The van der Waals surface area contributed by atoms with Gasteiger partial charge in [-0.25, -0.2) is 75.3 Å². The van der Waals surface area contributed by atoms with Gasteiger partial charge in [0.1, 0.15) is 0 Å². The van der Waals surface area contributed by atoms with Crippen molar-refractivity contribution < 1.29 is 18.9 Å². The number of rotatable bonds is 27. The molecule has 1 saturated heterocycles. The maximum atomic E-state index is 12.0. The van der Waals surface area contributed by atoms with Gasteiger partial charge in [-0.2, -0.15) is 4.57 Å². The summed E-state index contributed by atoms with van der Waals surface area (Å²) < 4.78 is 36.4. The second-order valence-electron chi connectivity index (χ2n) is 18.9. The van der Waals surface area contributed by atoms with Crippen LogP contribution in [-0.2, 0) is 90.9 Å². The Hall–Kier alpha value is -6.42. The molecule has 1 unspecified atom stereocenters. The van der Waals surface area contributed by atoms with Crippen molar-refractivity contribution in [3.8, 4) is 12.5 Å². The van der Waals surface area contributed by atoms with Crippen LogP contribution in [0.15, 0.2) is 87.9 Å². The minimum absolute atomic E-state index is 0. The molecule has 6 aromatic heterocycles. The second-order valence-corrected chi connectivity index (χ2v) is 24.7. The molecule has 0 aliphatic carbocycles. The lowest BCUT2D eigenvalue weighted by atomic mass is 10.2. The molecule has 0 N–H and O–H groups in total. The zero-order valence-electron chi connectivity index (χ0n) is 52.1. The highest BCUT2D eigenvalue weighted by Crippen LogP contribution is 2.12. The monoisotopic (exact) mass is 1380 g/mol. The Bertz CT molecular complexity index is 3900. The zero-order chi connectivity index (χ0) is 66.0. The van der Waals surface area contributed by atoms with E-state index in [0.717, 1.165) is 124 Å². The topological polar surface area (TPSA) is 301 Å².